The van der Waals surface area contributed by atoms with Crippen molar-refractivity contribution in [1.29, 1.82) is 0 Å². The fourth-order valence-electron chi connectivity index (χ4n) is 3.36. The minimum Gasteiger partial charge on any atom is -0.334 e. The highest BCUT2D eigenvalue weighted by Crippen LogP contribution is 2.25. The van der Waals surface area contributed by atoms with Crippen LogP contribution < -0.4 is 4.72 Å². The van der Waals surface area contributed by atoms with Crippen LogP contribution in [-0.4, -0.2) is 48.1 Å². The Balaban J connectivity index is 1.69. The second-order valence-corrected chi connectivity index (χ2v) is 8.46. The van der Waals surface area contributed by atoms with Crippen molar-refractivity contribution in [3.05, 3.63) is 29.9 Å². The molecule has 1 aliphatic heterocycles. The number of nitrogens with zero attached hydrogens (tertiary/aromatic N) is 3. The monoisotopic (exact) mass is 352 g/mol. The average Bonchev–Trinajstić information content (AvgIpc) is 3.01. The number of aromatic nitrogens is 2. The molecule has 2 aliphatic rings. The number of carbonyl (C=O) groups excluding carboxylic acids is 1. The summed E-state index contributed by atoms with van der Waals surface area (Å²) in [7, 11) is -3.27. The van der Waals surface area contributed by atoms with E-state index in [0.717, 1.165) is 31.2 Å². The molecule has 0 fully saturated rings. The van der Waals surface area contributed by atoms with Crippen LogP contribution >= 0.6 is 0 Å². The molecule has 1 N–H and O–H groups in total. The number of sulfonamides is 1. The Morgan fingerprint density at radius 2 is 2.25 bits per heavy atom. The van der Waals surface area contributed by atoms with Crippen molar-refractivity contribution in [2.45, 2.75) is 44.7 Å². The molecule has 0 unspecified atom stereocenters. The largest absolute Gasteiger partial charge is 0.334 e. The van der Waals surface area contributed by atoms with E-state index in [-0.39, 0.29) is 18.5 Å². The summed E-state index contributed by atoms with van der Waals surface area (Å²) >= 11 is 0. The van der Waals surface area contributed by atoms with Crippen LogP contribution in [0.4, 0.5) is 0 Å². The zero-order valence-electron chi connectivity index (χ0n) is 13.9. The summed E-state index contributed by atoms with van der Waals surface area (Å²) in [6.45, 7) is 1.29. The maximum Gasteiger partial charge on any atom is 0.227 e. The highest BCUT2D eigenvalue weighted by atomic mass is 32.2. The first-order valence-electron chi connectivity index (χ1n) is 8.33. The van der Waals surface area contributed by atoms with E-state index in [1.165, 1.54) is 12.0 Å². The van der Waals surface area contributed by atoms with Gasteiger partial charge in [-0.1, -0.05) is 11.6 Å². The molecule has 7 nitrogen and oxygen atoms in total. The first-order valence-corrected chi connectivity index (χ1v) is 10.2. The third-order valence-electron chi connectivity index (χ3n) is 4.62. The zero-order chi connectivity index (χ0) is 17.2. The fraction of sp³-hybridized carbons (Fsp3) is 0.625. The zero-order valence-corrected chi connectivity index (χ0v) is 14.8. The molecular formula is C16H24N4O3S. The molecule has 1 aliphatic carbocycles. The molecule has 0 bridgehead atoms. The van der Waals surface area contributed by atoms with Crippen molar-refractivity contribution in [3.63, 3.8) is 0 Å². The first-order chi connectivity index (χ1) is 11.4. The van der Waals surface area contributed by atoms with Gasteiger partial charge < -0.3 is 9.47 Å². The molecule has 1 aromatic rings. The molecule has 0 spiro atoms. The molecule has 0 saturated carbocycles. The molecule has 132 valence electrons. The number of carbonyl (C=O) groups is 1. The van der Waals surface area contributed by atoms with Crippen LogP contribution in [0.25, 0.3) is 0 Å². The number of imidazole rings is 1. The SMILES string of the molecule is CS(=O)(=O)NC[C@@H]1CN(C(=O)CC2=CCCCC2)Cc2cncn21. The number of amides is 1. The predicted molar refractivity (Wildman–Crippen MR) is 90.7 cm³/mol. The number of rotatable bonds is 5. The van der Waals surface area contributed by atoms with Crippen LogP contribution in [0.1, 0.15) is 43.8 Å². The number of nitrogens with one attached hydrogen (secondary N) is 1. The van der Waals surface area contributed by atoms with Gasteiger partial charge in [0.15, 0.2) is 0 Å². The van der Waals surface area contributed by atoms with Crippen molar-refractivity contribution >= 4 is 15.9 Å². The highest BCUT2D eigenvalue weighted by Gasteiger charge is 2.28. The third-order valence-corrected chi connectivity index (χ3v) is 5.31. The molecule has 2 heterocycles. The van der Waals surface area contributed by atoms with E-state index in [1.54, 1.807) is 12.5 Å². The lowest BCUT2D eigenvalue weighted by molar-refractivity contribution is -0.132. The molecule has 24 heavy (non-hydrogen) atoms. The quantitative estimate of drug-likeness (QED) is 0.807. The van der Waals surface area contributed by atoms with Crippen molar-refractivity contribution in [1.82, 2.24) is 19.2 Å². The van der Waals surface area contributed by atoms with Gasteiger partial charge in [-0.2, -0.15) is 0 Å². The van der Waals surface area contributed by atoms with Gasteiger partial charge in [0.1, 0.15) is 0 Å². The topological polar surface area (TPSA) is 84.3 Å². The standard InChI is InChI=1S/C16H24N4O3S/c1-24(22,23)18-9-15-11-19(10-14-8-17-12-20(14)15)16(21)7-13-5-3-2-4-6-13/h5,8,12,15,18H,2-4,6-7,9-11H2,1H3/t15-/m1/s1. The molecule has 0 aromatic carbocycles. The van der Waals surface area contributed by atoms with Crippen LogP contribution in [0.5, 0.6) is 0 Å². The Kier molecular flexibility index (Phi) is 5.05. The molecule has 1 atom stereocenters. The summed E-state index contributed by atoms with van der Waals surface area (Å²) in [6.07, 6.45) is 11.7. The van der Waals surface area contributed by atoms with E-state index in [1.807, 2.05) is 9.47 Å². The maximum atomic E-state index is 12.7. The molecule has 1 amide bonds. The number of allylic oxidation sites excluding steroid dienone is 1. The fourth-order valence-corrected chi connectivity index (χ4v) is 3.85. The second-order valence-electron chi connectivity index (χ2n) is 6.63. The molecule has 1 aromatic heterocycles. The van der Waals surface area contributed by atoms with Crippen LogP contribution in [0.15, 0.2) is 24.2 Å². The Morgan fingerprint density at radius 3 is 2.96 bits per heavy atom. The average molecular weight is 352 g/mol. The summed E-state index contributed by atoms with van der Waals surface area (Å²) in [5.41, 5.74) is 2.17. The van der Waals surface area contributed by atoms with Gasteiger partial charge in [-0.15, -0.1) is 0 Å². The predicted octanol–water partition coefficient (Wildman–Crippen LogP) is 1.21. The van der Waals surface area contributed by atoms with Crippen LogP contribution in [0.2, 0.25) is 0 Å². The van der Waals surface area contributed by atoms with Crippen molar-refractivity contribution in [2.75, 3.05) is 19.3 Å². The van der Waals surface area contributed by atoms with Gasteiger partial charge in [0, 0.05) is 25.7 Å². The lowest BCUT2D eigenvalue weighted by Gasteiger charge is -2.35. The minimum absolute atomic E-state index is 0.111. The van der Waals surface area contributed by atoms with Gasteiger partial charge in [-0.25, -0.2) is 18.1 Å². The molecule has 8 heteroatoms. The first kappa shape index (κ1) is 17.2. The summed E-state index contributed by atoms with van der Waals surface area (Å²) in [5.74, 6) is 0.111. The van der Waals surface area contributed by atoms with Crippen LogP contribution in [0.3, 0.4) is 0 Å². The number of fused-ring (bicyclic) bond motifs is 1. The summed E-state index contributed by atoms with van der Waals surface area (Å²) in [5, 5.41) is 0. The van der Waals surface area contributed by atoms with Gasteiger partial charge in [0.2, 0.25) is 15.9 Å². The second kappa shape index (κ2) is 7.06. The highest BCUT2D eigenvalue weighted by molar-refractivity contribution is 7.88. The van der Waals surface area contributed by atoms with Crippen LogP contribution in [0, 0.1) is 0 Å². The number of hydrogen-bond donors (Lipinski definition) is 1. The third kappa shape index (κ3) is 4.24. The van der Waals surface area contributed by atoms with E-state index in [0.29, 0.717) is 19.5 Å². The molecule has 0 radical (unpaired) electrons. The lowest BCUT2D eigenvalue weighted by atomic mass is 9.96. The lowest BCUT2D eigenvalue weighted by Crippen LogP contribution is -2.44. The Labute approximate surface area is 142 Å². The van der Waals surface area contributed by atoms with E-state index in [2.05, 4.69) is 15.8 Å². The van der Waals surface area contributed by atoms with Crippen molar-refractivity contribution in [2.24, 2.45) is 0 Å². The van der Waals surface area contributed by atoms with E-state index in [4.69, 9.17) is 0 Å². The summed E-state index contributed by atoms with van der Waals surface area (Å²) < 4.78 is 27.3. The normalized spacial score (nSPS) is 21.3. The summed E-state index contributed by atoms with van der Waals surface area (Å²) in [6, 6.07) is -0.129. The Bertz CT molecular complexity index is 738. The smallest absolute Gasteiger partial charge is 0.227 e. The maximum absolute atomic E-state index is 12.7. The van der Waals surface area contributed by atoms with Gasteiger partial charge >= 0.3 is 0 Å². The Morgan fingerprint density at radius 1 is 1.42 bits per heavy atom. The van der Waals surface area contributed by atoms with E-state index >= 15 is 0 Å². The summed E-state index contributed by atoms with van der Waals surface area (Å²) in [4.78, 5) is 18.6. The van der Waals surface area contributed by atoms with E-state index in [9.17, 15) is 13.2 Å². The van der Waals surface area contributed by atoms with Crippen molar-refractivity contribution in [3.8, 4) is 0 Å². The molecule has 3 rings (SSSR count). The number of hydrogen-bond acceptors (Lipinski definition) is 4. The minimum atomic E-state index is -3.27. The van der Waals surface area contributed by atoms with Gasteiger partial charge in [0.25, 0.3) is 0 Å². The van der Waals surface area contributed by atoms with Gasteiger partial charge in [-0.05, 0) is 25.7 Å². The molecule has 0 saturated heterocycles. The van der Waals surface area contributed by atoms with Gasteiger partial charge in [0.05, 0.1) is 30.9 Å². The van der Waals surface area contributed by atoms with Crippen molar-refractivity contribution < 1.29 is 13.2 Å². The molecular weight excluding hydrogens is 328 g/mol. The van der Waals surface area contributed by atoms with Gasteiger partial charge in [-0.3, -0.25) is 4.79 Å². The van der Waals surface area contributed by atoms with Crippen LogP contribution in [-0.2, 0) is 21.4 Å². The van der Waals surface area contributed by atoms with E-state index < -0.39 is 10.0 Å². The Hall–Kier alpha value is -1.67.